The highest BCUT2D eigenvalue weighted by Crippen LogP contribution is 2.30. The third-order valence-electron chi connectivity index (χ3n) is 3.70. The Labute approximate surface area is 153 Å². The van der Waals surface area contributed by atoms with Crippen LogP contribution >= 0.6 is 11.8 Å². The van der Waals surface area contributed by atoms with Crippen LogP contribution < -0.4 is 4.74 Å². The van der Waals surface area contributed by atoms with E-state index in [1.807, 2.05) is 31.2 Å². The molecule has 3 rings (SSSR count). The molecule has 0 radical (unpaired) electrons. The van der Waals surface area contributed by atoms with Crippen molar-refractivity contribution in [1.82, 2.24) is 9.97 Å². The van der Waals surface area contributed by atoms with Gasteiger partial charge in [-0.25, -0.2) is 9.97 Å². The average Bonchev–Trinajstić information content (AvgIpc) is 2.61. The highest BCUT2D eigenvalue weighted by Gasteiger charge is 2.19. The Morgan fingerprint density at radius 2 is 1.77 bits per heavy atom. The van der Waals surface area contributed by atoms with E-state index in [0.717, 1.165) is 15.9 Å². The van der Waals surface area contributed by atoms with Gasteiger partial charge in [0.1, 0.15) is 16.6 Å². The predicted octanol–water partition coefficient (Wildman–Crippen LogP) is 4.90. The molecule has 3 aromatic rings. The molecule has 0 aliphatic rings. The lowest BCUT2D eigenvalue weighted by Crippen LogP contribution is -2.14. The van der Waals surface area contributed by atoms with Gasteiger partial charge in [0.05, 0.1) is 10.8 Å². The number of ether oxygens (including phenoxy) is 1. The van der Waals surface area contributed by atoms with E-state index in [1.54, 1.807) is 6.92 Å². The molecule has 26 heavy (non-hydrogen) atoms. The molecular formula is C19H16F2N2O2S. The normalized spacial score (nSPS) is 12.3. The van der Waals surface area contributed by atoms with Crippen LogP contribution in [0.2, 0.25) is 0 Å². The molecular weight excluding hydrogens is 358 g/mol. The van der Waals surface area contributed by atoms with E-state index in [2.05, 4.69) is 14.7 Å². The summed E-state index contributed by atoms with van der Waals surface area (Å²) in [5.74, 6) is 0.549. The van der Waals surface area contributed by atoms with Gasteiger partial charge < -0.3 is 4.74 Å². The number of aryl methyl sites for hydroxylation is 1. The van der Waals surface area contributed by atoms with Crippen LogP contribution in [0.5, 0.6) is 5.75 Å². The minimum Gasteiger partial charge on any atom is -0.435 e. The summed E-state index contributed by atoms with van der Waals surface area (Å²) in [6.45, 7) is 0.716. The lowest BCUT2D eigenvalue weighted by molar-refractivity contribution is -0.0498. The zero-order chi connectivity index (χ0) is 18.7. The first-order valence-electron chi connectivity index (χ1n) is 7.93. The van der Waals surface area contributed by atoms with Gasteiger partial charge in [-0.05, 0) is 44.2 Å². The number of thioether (sulfide) groups is 1. The monoisotopic (exact) mass is 374 g/mol. The van der Waals surface area contributed by atoms with Crippen molar-refractivity contribution in [3.8, 4) is 5.75 Å². The zero-order valence-corrected chi connectivity index (χ0v) is 15.0. The van der Waals surface area contributed by atoms with E-state index in [9.17, 15) is 13.6 Å². The summed E-state index contributed by atoms with van der Waals surface area (Å²) in [7, 11) is 0. The third-order valence-corrected chi connectivity index (χ3v) is 4.80. The van der Waals surface area contributed by atoms with Crippen molar-refractivity contribution in [1.29, 1.82) is 0 Å². The van der Waals surface area contributed by atoms with Gasteiger partial charge in [0, 0.05) is 10.9 Å². The number of aromatic nitrogens is 2. The number of fused-ring (bicyclic) bond motifs is 1. The average molecular weight is 374 g/mol. The van der Waals surface area contributed by atoms with Crippen molar-refractivity contribution in [2.75, 3.05) is 0 Å². The van der Waals surface area contributed by atoms with E-state index in [-0.39, 0.29) is 11.5 Å². The van der Waals surface area contributed by atoms with Gasteiger partial charge in [0.15, 0.2) is 5.78 Å². The summed E-state index contributed by atoms with van der Waals surface area (Å²) in [6.07, 6.45) is 0. The van der Waals surface area contributed by atoms with E-state index in [0.29, 0.717) is 11.4 Å². The molecule has 0 saturated heterocycles. The summed E-state index contributed by atoms with van der Waals surface area (Å²) in [6, 6.07) is 13.3. The fourth-order valence-corrected chi connectivity index (χ4v) is 3.57. The van der Waals surface area contributed by atoms with Gasteiger partial charge in [0.25, 0.3) is 0 Å². The topological polar surface area (TPSA) is 52.1 Å². The first-order valence-corrected chi connectivity index (χ1v) is 8.81. The Balaban J connectivity index is 1.79. The SMILES string of the molecule is Cc1nc(S[C@H](C)C(=O)c2ccc(OC(F)F)cc2)c2ccccc2n1. The highest BCUT2D eigenvalue weighted by molar-refractivity contribution is 8.00. The Kier molecular flexibility index (Phi) is 5.46. The fourth-order valence-electron chi connectivity index (χ4n) is 2.50. The maximum atomic E-state index is 12.7. The fraction of sp³-hybridized carbons (Fsp3) is 0.211. The van der Waals surface area contributed by atoms with Crippen LogP contribution in [-0.2, 0) is 0 Å². The maximum Gasteiger partial charge on any atom is 0.387 e. The molecule has 0 bridgehead atoms. The summed E-state index contributed by atoms with van der Waals surface area (Å²) in [5.41, 5.74) is 1.26. The number of benzene rings is 2. The van der Waals surface area contributed by atoms with Gasteiger partial charge in [-0.1, -0.05) is 30.0 Å². The Morgan fingerprint density at radius 3 is 2.46 bits per heavy atom. The van der Waals surface area contributed by atoms with Crippen molar-refractivity contribution >= 4 is 28.4 Å². The van der Waals surface area contributed by atoms with Crippen molar-refractivity contribution in [2.24, 2.45) is 0 Å². The Bertz CT molecular complexity index is 932. The second-order valence-electron chi connectivity index (χ2n) is 5.62. The molecule has 0 saturated carbocycles. The molecule has 0 fully saturated rings. The van der Waals surface area contributed by atoms with Crippen molar-refractivity contribution in [3.63, 3.8) is 0 Å². The molecule has 134 valence electrons. The van der Waals surface area contributed by atoms with Crippen molar-refractivity contribution in [3.05, 3.63) is 59.9 Å². The number of hydrogen-bond acceptors (Lipinski definition) is 5. The molecule has 1 aromatic heterocycles. The van der Waals surface area contributed by atoms with E-state index < -0.39 is 11.9 Å². The van der Waals surface area contributed by atoms with Crippen LogP contribution in [0.1, 0.15) is 23.1 Å². The van der Waals surface area contributed by atoms with E-state index >= 15 is 0 Å². The zero-order valence-electron chi connectivity index (χ0n) is 14.1. The molecule has 0 N–H and O–H groups in total. The van der Waals surface area contributed by atoms with Crippen LogP contribution in [0.3, 0.4) is 0 Å². The number of Topliss-reactive ketones (excluding diaryl/α,β-unsaturated/α-hetero) is 1. The molecule has 0 amide bonds. The number of hydrogen-bond donors (Lipinski definition) is 0. The lowest BCUT2D eigenvalue weighted by Gasteiger charge is -2.12. The van der Waals surface area contributed by atoms with Gasteiger partial charge in [-0.3, -0.25) is 4.79 Å². The molecule has 7 heteroatoms. The molecule has 0 aliphatic carbocycles. The largest absolute Gasteiger partial charge is 0.435 e. The highest BCUT2D eigenvalue weighted by atomic mass is 32.2. The van der Waals surface area contributed by atoms with E-state index in [4.69, 9.17) is 0 Å². The number of carbonyl (C=O) groups excluding carboxylic acids is 1. The van der Waals surface area contributed by atoms with Gasteiger partial charge in [-0.15, -0.1) is 0 Å². The molecule has 1 atom stereocenters. The van der Waals surface area contributed by atoms with Gasteiger partial charge in [-0.2, -0.15) is 8.78 Å². The summed E-state index contributed by atoms with van der Waals surface area (Å²) >= 11 is 1.35. The Hall–Kier alpha value is -2.54. The molecule has 0 unspecified atom stereocenters. The quantitative estimate of drug-likeness (QED) is 0.349. The second kappa shape index (κ2) is 7.78. The summed E-state index contributed by atoms with van der Waals surface area (Å²) in [4.78, 5) is 21.5. The number of nitrogens with zero attached hydrogens (tertiary/aromatic N) is 2. The number of para-hydroxylation sites is 1. The molecule has 0 aliphatic heterocycles. The molecule has 2 aromatic carbocycles. The minimum atomic E-state index is -2.89. The van der Waals surface area contributed by atoms with Crippen LogP contribution in [0.4, 0.5) is 8.78 Å². The minimum absolute atomic E-state index is 0.0225. The van der Waals surface area contributed by atoms with Gasteiger partial charge >= 0.3 is 6.61 Å². The third kappa shape index (κ3) is 4.16. The predicted molar refractivity (Wildman–Crippen MR) is 97.0 cm³/mol. The number of halogens is 2. The first-order chi connectivity index (χ1) is 12.4. The first kappa shape index (κ1) is 18.3. The standard InChI is InChI=1S/C19H16F2N2O2S/c1-11(17(24)13-7-9-14(10-8-13)25-19(20)21)26-18-15-5-3-4-6-16(15)22-12(2)23-18/h3-11,19H,1-2H3/t11-/m1/s1. The van der Waals surface area contributed by atoms with Gasteiger partial charge in [0.2, 0.25) is 0 Å². The van der Waals surface area contributed by atoms with Crippen LogP contribution in [-0.4, -0.2) is 27.6 Å². The second-order valence-corrected chi connectivity index (χ2v) is 6.95. The van der Waals surface area contributed by atoms with Crippen LogP contribution in [0.15, 0.2) is 53.6 Å². The molecule has 0 spiro atoms. The lowest BCUT2D eigenvalue weighted by atomic mass is 10.1. The van der Waals surface area contributed by atoms with Crippen LogP contribution in [0.25, 0.3) is 10.9 Å². The smallest absolute Gasteiger partial charge is 0.387 e. The van der Waals surface area contributed by atoms with Crippen LogP contribution in [0, 0.1) is 6.92 Å². The Morgan fingerprint density at radius 1 is 1.08 bits per heavy atom. The van der Waals surface area contributed by atoms with Crippen molar-refractivity contribution < 1.29 is 18.3 Å². The summed E-state index contributed by atoms with van der Waals surface area (Å²) in [5, 5.41) is 1.24. The maximum absolute atomic E-state index is 12.7. The summed E-state index contributed by atoms with van der Waals surface area (Å²) < 4.78 is 28.7. The van der Waals surface area contributed by atoms with Crippen molar-refractivity contribution in [2.45, 2.75) is 30.7 Å². The number of alkyl halides is 2. The molecule has 1 heterocycles. The number of ketones is 1. The number of rotatable bonds is 6. The van der Waals surface area contributed by atoms with E-state index in [1.165, 1.54) is 36.0 Å². The number of carbonyl (C=O) groups is 1. The molecule has 4 nitrogen and oxygen atoms in total.